The fraction of sp³-hybridized carbons (Fsp3) is 0.471. The zero-order valence-electron chi connectivity index (χ0n) is 15.2. The van der Waals surface area contributed by atoms with Gasteiger partial charge in [0, 0.05) is 11.1 Å². The molecule has 3 heterocycles. The number of fused-ring (bicyclic) bond motifs is 1. The van der Waals surface area contributed by atoms with Crippen molar-refractivity contribution in [2.24, 2.45) is 5.16 Å². The van der Waals surface area contributed by atoms with Crippen LogP contribution in [0.4, 0.5) is 5.13 Å². The summed E-state index contributed by atoms with van der Waals surface area (Å²) in [6.07, 6.45) is 5.28. The summed E-state index contributed by atoms with van der Waals surface area (Å²) in [5, 5.41) is 17.3. The van der Waals surface area contributed by atoms with Crippen molar-refractivity contribution in [2.75, 3.05) is 11.5 Å². The van der Waals surface area contributed by atoms with Crippen molar-refractivity contribution >= 4 is 51.7 Å². The first-order chi connectivity index (χ1) is 14.0. The Morgan fingerprint density at radius 1 is 1.38 bits per heavy atom. The third-order valence-electron chi connectivity index (χ3n) is 4.93. The van der Waals surface area contributed by atoms with E-state index in [0.717, 1.165) is 25.7 Å². The lowest BCUT2D eigenvalue weighted by molar-refractivity contribution is -0.150. The van der Waals surface area contributed by atoms with Gasteiger partial charge in [-0.05, 0) is 31.8 Å². The Kier molecular flexibility index (Phi) is 5.46. The maximum atomic E-state index is 12.9. The number of aliphatic carboxylic acids is 1. The third kappa shape index (κ3) is 3.81. The number of anilines is 1. The van der Waals surface area contributed by atoms with E-state index in [1.54, 1.807) is 5.38 Å². The summed E-state index contributed by atoms with van der Waals surface area (Å²) in [5.74, 6) is -1.81. The molecule has 3 aliphatic rings. The maximum absolute atomic E-state index is 12.9. The second kappa shape index (κ2) is 8.03. The van der Waals surface area contributed by atoms with Crippen molar-refractivity contribution in [1.29, 1.82) is 0 Å². The van der Waals surface area contributed by atoms with Crippen LogP contribution < -0.4 is 11.1 Å². The highest BCUT2D eigenvalue weighted by molar-refractivity contribution is 8.00. The van der Waals surface area contributed by atoms with E-state index < -0.39 is 29.2 Å². The molecule has 29 heavy (non-hydrogen) atoms. The molecule has 0 radical (unpaired) electrons. The highest BCUT2D eigenvalue weighted by Gasteiger charge is 2.53. The number of nitrogens with one attached hydrogen (secondary N) is 1. The Morgan fingerprint density at radius 2 is 2.14 bits per heavy atom. The summed E-state index contributed by atoms with van der Waals surface area (Å²) in [6, 6.07) is -0.844. The normalized spacial score (nSPS) is 24.6. The molecule has 154 valence electrons. The van der Waals surface area contributed by atoms with Crippen LogP contribution in [-0.4, -0.2) is 61.8 Å². The summed E-state index contributed by atoms with van der Waals surface area (Å²) in [5.41, 5.74) is 5.84. The second-order valence-corrected chi connectivity index (χ2v) is 8.84. The number of oxime groups is 1. The van der Waals surface area contributed by atoms with Crippen molar-refractivity contribution in [3.63, 3.8) is 0 Å². The van der Waals surface area contributed by atoms with Gasteiger partial charge < -0.3 is 21.0 Å². The molecule has 0 spiro atoms. The molecule has 1 aliphatic carbocycles. The molecule has 2 atom stereocenters. The molecule has 1 saturated heterocycles. The Hall–Kier alpha value is -2.60. The van der Waals surface area contributed by atoms with Gasteiger partial charge in [0.05, 0.1) is 0 Å². The fourth-order valence-corrected chi connectivity index (χ4v) is 5.21. The first-order valence-corrected chi connectivity index (χ1v) is 11.0. The maximum Gasteiger partial charge on any atom is 0.352 e. The van der Waals surface area contributed by atoms with E-state index >= 15 is 0 Å². The van der Waals surface area contributed by atoms with Crippen LogP contribution in [0.3, 0.4) is 0 Å². The molecule has 2 amide bonds. The fourth-order valence-electron chi connectivity index (χ4n) is 3.47. The number of rotatable bonds is 6. The number of carbonyl (C=O) groups excluding carboxylic acids is 2. The number of carboxylic acids is 1. The number of nitrogen functional groups attached to an aromatic ring is 1. The van der Waals surface area contributed by atoms with Crippen LogP contribution in [-0.2, 0) is 19.2 Å². The van der Waals surface area contributed by atoms with Crippen molar-refractivity contribution in [3.8, 4) is 0 Å². The molecule has 0 bridgehead atoms. The Bertz CT molecular complexity index is 908. The average Bonchev–Trinajstić information content (AvgIpc) is 3.37. The van der Waals surface area contributed by atoms with Gasteiger partial charge in [-0.3, -0.25) is 14.5 Å². The average molecular weight is 438 g/mol. The summed E-state index contributed by atoms with van der Waals surface area (Å²) in [6.45, 7) is 0. The zero-order valence-corrected chi connectivity index (χ0v) is 16.9. The van der Waals surface area contributed by atoms with Crippen LogP contribution in [0.5, 0.6) is 0 Å². The van der Waals surface area contributed by atoms with Gasteiger partial charge >= 0.3 is 5.97 Å². The number of hydrogen-bond acceptors (Lipinski definition) is 9. The minimum Gasteiger partial charge on any atom is -0.477 e. The van der Waals surface area contributed by atoms with E-state index in [2.05, 4.69) is 15.5 Å². The van der Waals surface area contributed by atoms with E-state index in [4.69, 9.17) is 10.6 Å². The number of amides is 2. The monoisotopic (exact) mass is 437 g/mol. The zero-order chi connectivity index (χ0) is 20.5. The Balaban J connectivity index is 1.50. The largest absolute Gasteiger partial charge is 0.477 e. The molecule has 4 N–H and O–H groups in total. The first kappa shape index (κ1) is 19.7. The number of carbonyl (C=O) groups is 3. The molecule has 1 aromatic heterocycles. The van der Waals surface area contributed by atoms with Gasteiger partial charge in [-0.1, -0.05) is 5.16 Å². The smallest absolute Gasteiger partial charge is 0.352 e. The number of aromatic nitrogens is 1. The van der Waals surface area contributed by atoms with E-state index in [1.165, 1.54) is 34.1 Å². The summed E-state index contributed by atoms with van der Waals surface area (Å²) < 4.78 is 0. The number of carboxylic acid groups (broad SMARTS) is 1. The lowest BCUT2D eigenvalue weighted by Gasteiger charge is -2.48. The lowest BCUT2D eigenvalue weighted by Crippen LogP contribution is -2.70. The minimum absolute atomic E-state index is 0.0493. The van der Waals surface area contributed by atoms with Gasteiger partial charge in [-0.25, -0.2) is 9.78 Å². The van der Waals surface area contributed by atoms with Crippen LogP contribution >= 0.6 is 23.1 Å². The number of nitrogens with zero attached hydrogens (tertiary/aromatic N) is 3. The second-order valence-electron chi connectivity index (χ2n) is 6.80. The highest BCUT2D eigenvalue weighted by Crippen LogP contribution is 2.37. The predicted molar refractivity (Wildman–Crippen MR) is 107 cm³/mol. The summed E-state index contributed by atoms with van der Waals surface area (Å²) in [7, 11) is 0. The van der Waals surface area contributed by atoms with Gasteiger partial charge in [-0.2, -0.15) is 0 Å². The van der Waals surface area contributed by atoms with Gasteiger partial charge in [0.2, 0.25) is 0 Å². The van der Waals surface area contributed by atoms with Gasteiger partial charge in [0.15, 0.2) is 10.8 Å². The molecular weight excluding hydrogens is 418 g/mol. The van der Waals surface area contributed by atoms with Crippen LogP contribution in [0, 0.1) is 0 Å². The van der Waals surface area contributed by atoms with E-state index in [1.807, 2.05) is 0 Å². The molecular formula is C17H19N5O5S2. The van der Waals surface area contributed by atoms with Crippen LogP contribution in [0.2, 0.25) is 0 Å². The number of thioether (sulfide) groups is 1. The van der Waals surface area contributed by atoms with E-state index in [9.17, 15) is 19.5 Å². The van der Waals surface area contributed by atoms with Crippen LogP contribution in [0.25, 0.3) is 0 Å². The molecule has 1 aromatic rings. The third-order valence-corrected chi connectivity index (χ3v) is 6.78. The SMILES string of the molecule is Nc1nc(C(=NOC2CCCC2)C(=O)NC2C(=O)N3C(C(=O)O)=CCS[C@@H]23)cs1. The topological polar surface area (TPSA) is 147 Å². The quantitative estimate of drug-likeness (QED) is 0.336. The minimum atomic E-state index is -1.17. The molecule has 12 heteroatoms. The lowest BCUT2D eigenvalue weighted by atomic mass is 10.0. The van der Waals surface area contributed by atoms with Gasteiger partial charge in [0.1, 0.15) is 28.9 Å². The highest BCUT2D eigenvalue weighted by atomic mass is 32.2. The van der Waals surface area contributed by atoms with Crippen LogP contribution in [0.1, 0.15) is 31.4 Å². The van der Waals surface area contributed by atoms with Crippen molar-refractivity contribution < 1.29 is 24.3 Å². The molecule has 1 unspecified atom stereocenters. The molecule has 1 saturated carbocycles. The van der Waals surface area contributed by atoms with Crippen molar-refractivity contribution in [2.45, 2.75) is 43.2 Å². The first-order valence-electron chi connectivity index (χ1n) is 9.10. The molecule has 2 fully saturated rings. The standard InChI is InChI=1S/C17H19N5O5S2/c18-17-19-9(7-29-17)11(21-27-8-3-1-2-4-8)13(23)20-12-14(24)22-10(16(25)26)5-6-28-15(12)22/h5,7-8,12,15H,1-4,6H2,(H2,18,19)(H,20,23)(H,25,26)/t12?,15-/m0/s1. The summed E-state index contributed by atoms with van der Waals surface area (Å²) in [4.78, 5) is 47.5. The number of nitrogens with two attached hydrogens (primary N) is 1. The van der Waals surface area contributed by atoms with Gasteiger partial charge in [-0.15, -0.1) is 23.1 Å². The van der Waals surface area contributed by atoms with Crippen molar-refractivity contribution in [1.82, 2.24) is 15.2 Å². The van der Waals surface area contributed by atoms with Gasteiger partial charge in [0.25, 0.3) is 11.8 Å². The number of hydrogen-bond donors (Lipinski definition) is 3. The molecule has 10 nitrogen and oxygen atoms in total. The summed E-state index contributed by atoms with van der Waals surface area (Å²) >= 11 is 2.55. The Labute approximate surface area is 174 Å². The van der Waals surface area contributed by atoms with E-state index in [-0.39, 0.29) is 28.3 Å². The number of thiazole rings is 1. The van der Waals surface area contributed by atoms with Crippen molar-refractivity contribution in [3.05, 3.63) is 22.8 Å². The molecule has 0 aromatic carbocycles. The van der Waals surface area contributed by atoms with Crippen LogP contribution in [0.15, 0.2) is 22.3 Å². The Morgan fingerprint density at radius 3 is 2.79 bits per heavy atom. The predicted octanol–water partition coefficient (Wildman–Crippen LogP) is 0.757. The molecule has 2 aliphatic heterocycles. The number of β-lactam (4-membered cyclic amide) rings is 1. The van der Waals surface area contributed by atoms with E-state index in [0.29, 0.717) is 5.75 Å². The molecule has 4 rings (SSSR count).